The van der Waals surface area contributed by atoms with Gasteiger partial charge in [-0.15, -0.1) is 0 Å². The van der Waals surface area contributed by atoms with Crippen LogP contribution in [0.1, 0.15) is 44.4 Å². The smallest absolute Gasteiger partial charge is 0.418 e. The third-order valence-corrected chi connectivity index (χ3v) is 6.84. The number of carboxylic acids is 1. The van der Waals surface area contributed by atoms with Crippen molar-refractivity contribution in [2.75, 3.05) is 6.61 Å². The number of benzene rings is 3. The Hall–Kier alpha value is -4.58. The number of nitrogens with two attached hydrogens (primary N) is 1. The van der Waals surface area contributed by atoms with Gasteiger partial charge in [-0.25, -0.2) is 14.5 Å². The molecule has 0 saturated heterocycles. The number of carboxylic acid groups (broad SMARTS) is 1. The lowest BCUT2D eigenvalue weighted by atomic mass is 10.0. The van der Waals surface area contributed by atoms with E-state index in [1.165, 1.54) is 0 Å². The number of aliphatic carboxylic acids is 1. The molecule has 246 valence electrons. The van der Waals surface area contributed by atoms with Crippen molar-refractivity contribution in [2.24, 2.45) is 5.73 Å². The van der Waals surface area contributed by atoms with Crippen LogP contribution in [0.25, 0.3) is 0 Å². The first kappa shape index (κ1) is 35.9. The number of amides is 3. The first-order valence-electron chi connectivity index (χ1n) is 15.0. The summed E-state index contributed by atoms with van der Waals surface area (Å²) in [7, 11) is 0. The maximum Gasteiger partial charge on any atom is 0.418 e. The Morgan fingerprint density at radius 1 is 0.826 bits per heavy atom. The van der Waals surface area contributed by atoms with Crippen molar-refractivity contribution < 1.29 is 38.5 Å². The highest BCUT2D eigenvalue weighted by Gasteiger charge is 2.43. The highest BCUT2D eigenvalue weighted by molar-refractivity contribution is 6.01. The van der Waals surface area contributed by atoms with E-state index in [0.29, 0.717) is 4.90 Å². The fraction of sp³-hybridized carbons (Fsp3) is 0.371. The molecule has 0 aliphatic heterocycles. The van der Waals surface area contributed by atoms with E-state index < -0.39 is 60.3 Å². The Morgan fingerprint density at radius 3 is 1.83 bits per heavy atom. The molecule has 0 spiro atoms. The minimum Gasteiger partial charge on any atom is -0.480 e. The Balaban J connectivity index is 1.92. The van der Waals surface area contributed by atoms with Gasteiger partial charge in [-0.2, -0.15) is 0 Å². The second-order valence-electron chi connectivity index (χ2n) is 11.8. The highest BCUT2D eigenvalue weighted by atomic mass is 16.6. The van der Waals surface area contributed by atoms with Gasteiger partial charge in [0, 0.05) is 0 Å². The molecule has 0 saturated carbocycles. The van der Waals surface area contributed by atoms with Crippen LogP contribution in [0, 0.1) is 0 Å². The molecule has 11 nitrogen and oxygen atoms in total. The van der Waals surface area contributed by atoms with E-state index in [0.717, 1.165) is 16.7 Å². The van der Waals surface area contributed by atoms with Crippen molar-refractivity contribution in [1.29, 1.82) is 0 Å². The van der Waals surface area contributed by atoms with Gasteiger partial charge >= 0.3 is 12.1 Å². The van der Waals surface area contributed by atoms with E-state index in [4.69, 9.17) is 19.9 Å². The van der Waals surface area contributed by atoms with Gasteiger partial charge in [-0.3, -0.25) is 9.59 Å². The standard InChI is InChI=1S/C35H43N3O8/c1-24(45-22-27-18-12-7-13-19-27)30(37-31(39)28(36)20-25-14-8-5-9-15-25)32(40)38(34(43)46-35(2,3)4)29(33(41)42)23-44-21-26-16-10-6-11-17-26/h5-19,24,28-30H,20-23,36H2,1-4H3,(H,37,39)(H,41,42)/t24-,28+,29+,30+/m1/s1. The van der Waals surface area contributed by atoms with Crippen LogP contribution in [0.3, 0.4) is 0 Å². The minimum atomic E-state index is -1.79. The lowest BCUT2D eigenvalue weighted by molar-refractivity contribution is -0.155. The Morgan fingerprint density at radius 2 is 1.33 bits per heavy atom. The van der Waals surface area contributed by atoms with Crippen molar-refractivity contribution >= 4 is 23.9 Å². The molecule has 3 rings (SSSR count). The van der Waals surface area contributed by atoms with E-state index in [-0.39, 0.29) is 19.6 Å². The number of nitrogens with one attached hydrogen (secondary N) is 1. The van der Waals surface area contributed by atoms with Crippen LogP contribution in [0.15, 0.2) is 91.0 Å². The zero-order chi connectivity index (χ0) is 33.7. The number of hydrogen-bond acceptors (Lipinski definition) is 8. The Labute approximate surface area is 269 Å². The number of carbonyl (C=O) groups is 4. The maximum absolute atomic E-state index is 14.3. The van der Waals surface area contributed by atoms with Crippen LogP contribution in [-0.2, 0) is 48.2 Å². The molecule has 4 atom stereocenters. The van der Waals surface area contributed by atoms with E-state index in [2.05, 4.69) is 5.32 Å². The van der Waals surface area contributed by atoms with Crippen molar-refractivity contribution in [2.45, 2.75) is 77.2 Å². The molecule has 0 aliphatic carbocycles. The molecule has 3 aromatic carbocycles. The molecule has 0 unspecified atom stereocenters. The molecule has 0 radical (unpaired) electrons. The van der Waals surface area contributed by atoms with Gasteiger partial charge in [0.2, 0.25) is 5.91 Å². The maximum atomic E-state index is 14.3. The van der Waals surface area contributed by atoms with Crippen molar-refractivity contribution in [3.63, 3.8) is 0 Å². The summed E-state index contributed by atoms with van der Waals surface area (Å²) in [6.45, 7) is 5.87. The zero-order valence-corrected chi connectivity index (χ0v) is 26.6. The molecule has 0 aromatic heterocycles. The first-order chi connectivity index (χ1) is 21.9. The summed E-state index contributed by atoms with van der Waals surface area (Å²) in [5.41, 5.74) is 7.52. The predicted molar refractivity (Wildman–Crippen MR) is 171 cm³/mol. The quantitative estimate of drug-likeness (QED) is 0.224. The summed E-state index contributed by atoms with van der Waals surface area (Å²) >= 11 is 0. The average Bonchev–Trinajstić information content (AvgIpc) is 3.02. The van der Waals surface area contributed by atoms with Crippen molar-refractivity contribution in [1.82, 2.24) is 10.2 Å². The van der Waals surface area contributed by atoms with Crippen LogP contribution in [-0.4, -0.2) is 70.3 Å². The molecule has 3 amide bonds. The fourth-order valence-corrected chi connectivity index (χ4v) is 4.45. The lowest BCUT2D eigenvalue weighted by Crippen LogP contribution is -2.62. The van der Waals surface area contributed by atoms with Crippen molar-refractivity contribution in [3.8, 4) is 0 Å². The average molecular weight is 634 g/mol. The fourth-order valence-electron chi connectivity index (χ4n) is 4.45. The summed E-state index contributed by atoms with van der Waals surface area (Å²) < 4.78 is 17.1. The zero-order valence-electron chi connectivity index (χ0n) is 26.6. The van der Waals surface area contributed by atoms with Gasteiger partial charge in [-0.1, -0.05) is 91.0 Å². The molecule has 0 fully saturated rings. The first-order valence-corrected chi connectivity index (χ1v) is 15.0. The third-order valence-electron chi connectivity index (χ3n) is 6.84. The molecule has 11 heteroatoms. The number of nitrogens with zero attached hydrogens (tertiary/aromatic N) is 1. The molecular formula is C35H43N3O8. The topological polar surface area (TPSA) is 157 Å². The van der Waals surface area contributed by atoms with Crippen LogP contribution in [0.5, 0.6) is 0 Å². The summed E-state index contributed by atoms with van der Waals surface area (Å²) in [6, 6.07) is 22.9. The van der Waals surface area contributed by atoms with E-state index in [1.807, 2.05) is 66.7 Å². The molecule has 3 aromatic rings. The summed E-state index contributed by atoms with van der Waals surface area (Å²) in [6.07, 6.45) is -2.06. The van der Waals surface area contributed by atoms with Gasteiger partial charge < -0.3 is 30.4 Å². The van der Waals surface area contributed by atoms with Crippen LogP contribution < -0.4 is 11.1 Å². The van der Waals surface area contributed by atoms with Gasteiger partial charge in [0.05, 0.1) is 32.0 Å². The number of carbonyl (C=O) groups excluding carboxylic acids is 3. The largest absolute Gasteiger partial charge is 0.480 e. The molecule has 46 heavy (non-hydrogen) atoms. The normalized spacial score (nSPS) is 13.9. The number of imide groups is 1. The SMILES string of the molecule is C[C@@H](OCc1ccccc1)[C@H](NC(=O)[C@@H](N)Cc1ccccc1)C(=O)N(C(=O)OC(C)(C)C)[C@@H](COCc1ccccc1)C(=O)O. The van der Waals surface area contributed by atoms with Gasteiger partial charge in [-0.05, 0) is 50.8 Å². The third kappa shape index (κ3) is 11.4. The molecular weight excluding hydrogens is 590 g/mol. The van der Waals surface area contributed by atoms with Crippen LogP contribution >= 0.6 is 0 Å². The van der Waals surface area contributed by atoms with Crippen LogP contribution in [0.4, 0.5) is 4.79 Å². The van der Waals surface area contributed by atoms with E-state index in [9.17, 15) is 24.3 Å². The van der Waals surface area contributed by atoms with Crippen LogP contribution in [0.2, 0.25) is 0 Å². The lowest BCUT2D eigenvalue weighted by Gasteiger charge is -2.34. The van der Waals surface area contributed by atoms with Gasteiger partial charge in [0.1, 0.15) is 11.6 Å². The predicted octanol–water partition coefficient (Wildman–Crippen LogP) is 4.08. The molecule has 4 N–H and O–H groups in total. The van der Waals surface area contributed by atoms with Gasteiger partial charge in [0.25, 0.3) is 5.91 Å². The summed E-state index contributed by atoms with van der Waals surface area (Å²) in [5.74, 6) is -3.24. The summed E-state index contributed by atoms with van der Waals surface area (Å²) in [5, 5.41) is 12.8. The van der Waals surface area contributed by atoms with Gasteiger partial charge in [0.15, 0.2) is 6.04 Å². The Bertz CT molecular complexity index is 1410. The molecule has 0 aliphatic rings. The van der Waals surface area contributed by atoms with Crippen molar-refractivity contribution in [3.05, 3.63) is 108 Å². The van der Waals surface area contributed by atoms with E-state index >= 15 is 0 Å². The highest BCUT2D eigenvalue weighted by Crippen LogP contribution is 2.18. The number of rotatable bonds is 15. The second-order valence-corrected chi connectivity index (χ2v) is 11.8. The minimum absolute atomic E-state index is 0.0338. The molecule has 0 bridgehead atoms. The second kappa shape index (κ2) is 17.2. The summed E-state index contributed by atoms with van der Waals surface area (Å²) in [4.78, 5) is 54.3. The molecule has 0 heterocycles. The Kier molecular flexibility index (Phi) is 13.4. The monoisotopic (exact) mass is 633 g/mol. The number of ether oxygens (including phenoxy) is 3. The van der Waals surface area contributed by atoms with E-state index in [1.54, 1.807) is 52.0 Å². The number of hydrogen-bond donors (Lipinski definition) is 3.